The summed E-state index contributed by atoms with van der Waals surface area (Å²) in [4.78, 5) is 20.2. The van der Waals surface area contributed by atoms with Crippen LogP contribution >= 0.6 is 0 Å². The first kappa shape index (κ1) is 8.94. The zero-order valence-electron chi connectivity index (χ0n) is 5.50. The van der Waals surface area contributed by atoms with Crippen LogP contribution in [0.5, 0.6) is 0 Å². The highest BCUT2D eigenvalue weighted by Gasteiger charge is 2.01. The summed E-state index contributed by atoms with van der Waals surface area (Å²) in [6, 6.07) is 0. The molecule has 0 aliphatic carbocycles. The van der Waals surface area contributed by atoms with Gasteiger partial charge in [-0.05, 0) is 6.42 Å². The number of hydrogen-bond donors (Lipinski definition) is 1. The first-order valence-electron chi connectivity index (χ1n) is 2.83. The maximum atomic E-state index is 10.3. The standard InChI is InChI=1S/C6H9O4/c1-10-6(9)4-2-3-5(7)8/h1-4H2,(H,7,8). The van der Waals surface area contributed by atoms with Crippen molar-refractivity contribution < 1.29 is 19.4 Å². The Morgan fingerprint density at radius 2 is 2.00 bits per heavy atom. The maximum absolute atomic E-state index is 10.3. The van der Waals surface area contributed by atoms with E-state index in [2.05, 4.69) is 11.8 Å². The molecule has 0 aromatic heterocycles. The predicted octanol–water partition coefficient (Wildman–Crippen LogP) is 0.576. The van der Waals surface area contributed by atoms with E-state index in [-0.39, 0.29) is 12.8 Å². The van der Waals surface area contributed by atoms with E-state index in [0.29, 0.717) is 6.42 Å². The van der Waals surface area contributed by atoms with E-state index in [0.717, 1.165) is 0 Å². The van der Waals surface area contributed by atoms with Gasteiger partial charge in [0.2, 0.25) is 0 Å². The van der Waals surface area contributed by atoms with Crippen LogP contribution in [0.4, 0.5) is 0 Å². The van der Waals surface area contributed by atoms with E-state index in [4.69, 9.17) is 5.11 Å². The average molecular weight is 145 g/mol. The average Bonchev–Trinajstić information content (AvgIpc) is 1.87. The van der Waals surface area contributed by atoms with Crippen LogP contribution in [-0.2, 0) is 14.3 Å². The van der Waals surface area contributed by atoms with Crippen LogP contribution in [-0.4, -0.2) is 17.0 Å². The summed E-state index contributed by atoms with van der Waals surface area (Å²) in [5.41, 5.74) is 0. The van der Waals surface area contributed by atoms with Gasteiger partial charge in [0.25, 0.3) is 0 Å². The fourth-order valence-electron chi connectivity index (χ4n) is 0.456. The Balaban J connectivity index is 3.20. The second kappa shape index (κ2) is 4.78. The molecule has 1 radical (unpaired) electrons. The molecule has 57 valence electrons. The lowest BCUT2D eigenvalue weighted by molar-refractivity contribution is -0.139. The summed E-state index contributed by atoms with van der Waals surface area (Å²) < 4.78 is 4.05. The Morgan fingerprint density at radius 3 is 2.40 bits per heavy atom. The molecule has 0 amide bonds. The molecule has 0 unspecified atom stereocenters. The highest BCUT2D eigenvalue weighted by atomic mass is 16.5. The molecule has 0 atom stereocenters. The van der Waals surface area contributed by atoms with Gasteiger partial charge < -0.3 is 9.84 Å². The van der Waals surface area contributed by atoms with Crippen molar-refractivity contribution in [1.82, 2.24) is 0 Å². The van der Waals surface area contributed by atoms with Gasteiger partial charge in [-0.2, -0.15) is 0 Å². The Hall–Kier alpha value is -1.06. The maximum Gasteiger partial charge on any atom is 0.305 e. The molecule has 0 saturated carbocycles. The van der Waals surface area contributed by atoms with Gasteiger partial charge in [0.1, 0.15) is 7.11 Å². The lowest BCUT2D eigenvalue weighted by Gasteiger charge is -1.94. The van der Waals surface area contributed by atoms with Gasteiger partial charge in [-0.1, -0.05) is 0 Å². The van der Waals surface area contributed by atoms with E-state index in [1.807, 2.05) is 0 Å². The van der Waals surface area contributed by atoms with Crippen LogP contribution in [0.2, 0.25) is 0 Å². The quantitative estimate of drug-likeness (QED) is 0.587. The van der Waals surface area contributed by atoms with Crippen molar-refractivity contribution in [2.24, 2.45) is 0 Å². The fraction of sp³-hybridized carbons (Fsp3) is 0.500. The minimum Gasteiger partial charge on any atom is -0.481 e. The van der Waals surface area contributed by atoms with E-state index in [1.54, 1.807) is 0 Å². The Bertz CT molecular complexity index is 130. The molecule has 0 heterocycles. The molecular weight excluding hydrogens is 136 g/mol. The van der Waals surface area contributed by atoms with Gasteiger partial charge in [-0.3, -0.25) is 9.59 Å². The highest BCUT2D eigenvalue weighted by Crippen LogP contribution is 1.96. The molecule has 4 heteroatoms. The van der Waals surface area contributed by atoms with Gasteiger partial charge in [0.15, 0.2) is 0 Å². The summed E-state index contributed by atoms with van der Waals surface area (Å²) in [7, 11) is 2.89. The molecular formula is C6H9O4. The molecule has 10 heavy (non-hydrogen) atoms. The third kappa shape index (κ3) is 5.08. The SMILES string of the molecule is [CH2]OC(=O)CCCC(=O)O. The number of esters is 1. The van der Waals surface area contributed by atoms with Crippen LogP contribution in [0.3, 0.4) is 0 Å². The number of hydrogen-bond acceptors (Lipinski definition) is 3. The number of carbonyl (C=O) groups is 2. The van der Waals surface area contributed by atoms with Crippen molar-refractivity contribution in [3.05, 3.63) is 7.11 Å². The minimum absolute atomic E-state index is 0.00486. The van der Waals surface area contributed by atoms with Crippen LogP contribution in [0.1, 0.15) is 19.3 Å². The minimum atomic E-state index is -0.906. The molecule has 0 spiro atoms. The lowest BCUT2D eigenvalue weighted by atomic mass is 10.2. The molecule has 0 fully saturated rings. The monoisotopic (exact) mass is 145 g/mol. The second-order valence-electron chi connectivity index (χ2n) is 1.76. The Kier molecular flexibility index (Phi) is 4.28. The van der Waals surface area contributed by atoms with Gasteiger partial charge in [-0.25, -0.2) is 0 Å². The Morgan fingerprint density at radius 1 is 1.40 bits per heavy atom. The number of ether oxygens (including phenoxy) is 1. The predicted molar refractivity (Wildman–Crippen MR) is 32.9 cm³/mol. The number of carbonyl (C=O) groups excluding carboxylic acids is 1. The van der Waals surface area contributed by atoms with Crippen molar-refractivity contribution >= 4 is 11.9 Å². The molecule has 0 aromatic rings. The lowest BCUT2D eigenvalue weighted by Crippen LogP contribution is -2.01. The van der Waals surface area contributed by atoms with E-state index in [9.17, 15) is 9.59 Å². The molecule has 4 nitrogen and oxygen atoms in total. The first-order chi connectivity index (χ1) is 4.66. The third-order valence-electron chi connectivity index (χ3n) is 0.933. The van der Waals surface area contributed by atoms with E-state index < -0.39 is 11.9 Å². The number of carboxylic acids is 1. The molecule has 0 aliphatic heterocycles. The van der Waals surface area contributed by atoms with Gasteiger partial charge in [0, 0.05) is 12.8 Å². The van der Waals surface area contributed by atoms with E-state index >= 15 is 0 Å². The fourth-order valence-corrected chi connectivity index (χ4v) is 0.456. The number of aliphatic carboxylic acids is 1. The summed E-state index contributed by atoms with van der Waals surface area (Å²) >= 11 is 0. The first-order valence-corrected chi connectivity index (χ1v) is 2.83. The van der Waals surface area contributed by atoms with Crippen molar-refractivity contribution in [3.8, 4) is 0 Å². The van der Waals surface area contributed by atoms with Gasteiger partial charge in [-0.15, -0.1) is 0 Å². The van der Waals surface area contributed by atoms with Crippen molar-refractivity contribution in [1.29, 1.82) is 0 Å². The zero-order valence-corrected chi connectivity index (χ0v) is 5.50. The number of carboxylic acid groups (broad SMARTS) is 1. The van der Waals surface area contributed by atoms with E-state index in [1.165, 1.54) is 0 Å². The molecule has 0 saturated heterocycles. The largest absolute Gasteiger partial charge is 0.481 e. The summed E-state index contributed by atoms with van der Waals surface area (Å²) in [6.07, 6.45) is 0.425. The molecule has 0 aromatic carbocycles. The summed E-state index contributed by atoms with van der Waals surface area (Å²) in [5, 5.41) is 8.13. The van der Waals surface area contributed by atoms with Gasteiger partial charge >= 0.3 is 11.9 Å². The third-order valence-corrected chi connectivity index (χ3v) is 0.933. The Labute approximate surface area is 58.8 Å². The van der Waals surface area contributed by atoms with Crippen LogP contribution in [0.25, 0.3) is 0 Å². The summed E-state index contributed by atoms with van der Waals surface area (Å²) in [5.74, 6) is -1.38. The summed E-state index contributed by atoms with van der Waals surface area (Å²) in [6.45, 7) is 0. The van der Waals surface area contributed by atoms with Crippen molar-refractivity contribution in [3.63, 3.8) is 0 Å². The van der Waals surface area contributed by atoms with Crippen LogP contribution in [0, 0.1) is 7.11 Å². The highest BCUT2D eigenvalue weighted by molar-refractivity contribution is 5.71. The normalized spacial score (nSPS) is 8.90. The van der Waals surface area contributed by atoms with Crippen molar-refractivity contribution in [2.75, 3.05) is 0 Å². The number of rotatable bonds is 4. The van der Waals surface area contributed by atoms with Gasteiger partial charge in [0.05, 0.1) is 0 Å². The molecule has 0 rings (SSSR count). The smallest absolute Gasteiger partial charge is 0.305 e. The molecule has 0 bridgehead atoms. The van der Waals surface area contributed by atoms with Crippen LogP contribution < -0.4 is 0 Å². The molecule has 0 aliphatic rings. The van der Waals surface area contributed by atoms with Crippen molar-refractivity contribution in [2.45, 2.75) is 19.3 Å². The molecule has 1 N–H and O–H groups in total. The second-order valence-corrected chi connectivity index (χ2v) is 1.76. The topological polar surface area (TPSA) is 63.6 Å². The van der Waals surface area contributed by atoms with Crippen LogP contribution in [0.15, 0.2) is 0 Å². The zero-order chi connectivity index (χ0) is 7.98.